The Kier molecular flexibility index (Phi) is 2.43. The van der Waals surface area contributed by atoms with E-state index >= 15 is 0 Å². The van der Waals surface area contributed by atoms with Crippen LogP contribution in [-0.4, -0.2) is 19.8 Å². The van der Waals surface area contributed by atoms with Crippen LogP contribution in [0.4, 0.5) is 5.88 Å². The molecule has 2 N–H and O–H groups in total. The molecular formula is C10H10N2O3S. The first kappa shape index (κ1) is 10.7. The molecule has 0 aliphatic carbocycles. The number of sulfone groups is 1. The number of hydrogen-bond acceptors (Lipinski definition) is 5. The molecule has 0 aliphatic heterocycles. The van der Waals surface area contributed by atoms with Crippen LogP contribution >= 0.6 is 0 Å². The number of nitrogens with two attached hydrogens (primary N) is 1. The van der Waals surface area contributed by atoms with Gasteiger partial charge in [-0.05, 0) is 6.07 Å². The van der Waals surface area contributed by atoms with Crippen molar-refractivity contribution in [2.45, 2.75) is 4.90 Å². The second-order valence-electron chi connectivity index (χ2n) is 3.37. The normalized spacial score (nSPS) is 11.6. The highest BCUT2D eigenvalue weighted by Crippen LogP contribution is 2.30. The summed E-state index contributed by atoms with van der Waals surface area (Å²) < 4.78 is 27.9. The molecule has 0 aliphatic rings. The first-order valence-electron chi connectivity index (χ1n) is 4.50. The fraction of sp³-hybridized carbons (Fsp3) is 0.100. The molecule has 2 aromatic rings. The minimum Gasteiger partial charge on any atom is -0.367 e. The van der Waals surface area contributed by atoms with Gasteiger partial charge in [-0.25, -0.2) is 8.42 Å². The van der Waals surface area contributed by atoms with Crippen LogP contribution in [0.3, 0.4) is 0 Å². The van der Waals surface area contributed by atoms with Crippen LogP contribution in [0.5, 0.6) is 0 Å². The van der Waals surface area contributed by atoms with Crippen molar-refractivity contribution in [2.24, 2.45) is 0 Å². The van der Waals surface area contributed by atoms with Crippen LogP contribution in [0.25, 0.3) is 11.1 Å². The van der Waals surface area contributed by atoms with Gasteiger partial charge >= 0.3 is 0 Å². The van der Waals surface area contributed by atoms with E-state index in [1.807, 2.05) is 0 Å². The van der Waals surface area contributed by atoms with E-state index in [0.717, 1.165) is 6.26 Å². The van der Waals surface area contributed by atoms with E-state index in [2.05, 4.69) is 5.16 Å². The molecule has 0 unspecified atom stereocenters. The van der Waals surface area contributed by atoms with Crippen LogP contribution in [-0.2, 0) is 9.84 Å². The number of rotatable bonds is 2. The summed E-state index contributed by atoms with van der Waals surface area (Å²) in [5, 5.41) is 3.53. The lowest BCUT2D eigenvalue weighted by atomic mass is 10.1. The Labute approximate surface area is 92.8 Å². The summed E-state index contributed by atoms with van der Waals surface area (Å²) in [4.78, 5) is 0.213. The molecule has 1 heterocycles. The van der Waals surface area contributed by atoms with Crippen molar-refractivity contribution in [3.63, 3.8) is 0 Å². The number of nitrogens with zero attached hydrogens (tertiary/aromatic N) is 1. The maximum Gasteiger partial charge on any atom is 0.229 e. The van der Waals surface area contributed by atoms with E-state index in [0.29, 0.717) is 11.1 Å². The highest BCUT2D eigenvalue weighted by Gasteiger charge is 2.17. The number of hydrogen-bond donors (Lipinski definition) is 1. The lowest BCUT2D eigenvalue weighted by Gasteiger charge is -2.05. The molecule has 0 atom stereocenters. The van der Waals surface area contributed by atoms with Crippen LogP contribution < -0.4 is 5.73 Å². The van der Waals surface area contributed by atoms with E-state index in [1.165, 1.54) is 12.3 Å². The summed E-state index contributed by atoms with van der Waals surface area (Å²) in [6, 6.07) is 6.58. The average molecular weight is 238 g/mol. The number of benzene rings is 1. The highest BCUT2D eigenvalue weighted by atomic mass is 32.2. The Balaban J connectivity index is 2.72. The van der Waals surface area contributed by atoms with E-state index in [1.54, 1.807) is 18.2 Å². The second kappa shape index (κ2) is 3.64. The molecule has 0 saturated carbocycles. The number of nitrogen functional groups attached to an aromatic ring is 1. The Morgan fingerprint density at radius 2 is 1.94 bits per heavy atom. The molecule has 5 nitrogen and oxygen atoms in total. The predicted molar refractivity (Wildman–Crippen MR) is 59.5 cm³/mol. The van der Waals surface area contributed by atoms with Gasteiger partial charge in [-0.15, -0.1) is 0 Å². The minimum absolute atomic E-state index is 0.108. The molecule has 0 amide bonds. The Morgan fingerprint density at radius 3 is 2.50 bits per heavy atom. The zero-order valence-electron chi connectivity index (χ0n) is 8.54. The van der Waals surface area contributed by atoms with Gasteiger partial charge in [0.25, 0.3) is 0 Å². The number of aromatic nitrogens is 1. The summed E-state index contributed by atoms with van der Waals surface area (Å²) in [5.41, 5.74) is 6.55. The van der Waals surface area contributed by atoms with Gasteiger partial charge < -0.3 is 10.3 Å². The first-order chi connectivity index (χ1) is 7.50. The molecule has 1 aromatic heterocycles. The standard InChI is InChI=1S/C10H10N2O3S/c1-16(13,14)9-5-3-2-4-7(9)8-6-12-15-10(8)11/h2-6H,11H2,1H3. The fourth-order valence-electron chi connectivity index (χ4n) is 1.46. The SMILES string of the molecule is CS(=O)(=O)c1ccccc1-c1cnoc1N. The first-order valence-corrected chi connectivity index (χ1v) is 6.39. The van der Waals surface area contributed by atoms with E-state index in [-0.39, 0.29) is 10.8 Å². The highest BCUT2D eigenvalue weighted by molar-refractivity contribution is 7.90. The van der Waals surface area contributed by atoms with E-state index in [4.69, 9.17) is 10.3 Å². The van der Waals surface area contributed by atoms with Crippen molar-refractivity contribution in [3.05, 3.63) is 30.5 Å². The third-order valence-electron chi connectivity index (χ3n) is 2.18. The topological polar surface area (TPSA) is 86.2 Å². The van der Waals surface area contributed by atoms with Gasteiger partial charge in [0, 0.05) is 11.8 Å². The van der Waals surface area contributed by atoms with Crippen molar-refractivity contribution < 1.29 is 12.9 Å². The van der Waals surface area contributed by atoms with Crippen molar-refractivity contribution in [1.82, 2.24) is 5.16 Å². The molecule has 0 fully saturated rings. The van der Waals surface area contributed by atoms with E-state index in [9.17, 15) is 8.42 Å². The Morgan fingerprint density at radius 1 is 1.25 bits per heavy atom. The molecule has 0 saturated heterocycles. The van der Waals surface area contributed by atoms with Gasteiger partial charge in [-0.2, -0.15) is 0 Å². The molecule has 84 valence electrons. The van der Waals surface area contributed by atoms with E-state index < -0.39 is 9.84 Å². The van der Waals surface area contributed by atoms with Crippen molar-refractivity contribution in [1.29, 1.82) is 0 Å². The van der Waals surface area contributed by atoms with Crippen molar-refractivity contribution >= 4 is 15.7 Å². The zero-order valence-corrected chi connectivity index (χ0v) is 9.36. The predicted octanol–water partition coefficient (Wildman–Crippen LogP) is 1.33. The molecule has 0 radical (unpaired) electrons. The third-order valence-corrected chi connectivity index (χ3v) is 3.33. The monoisotopic (exact) mass is 238 g/mol. The van der Waals surface area contributed by atoms with Gasteiger partial charge in [0.2, 0.25) is 5.88 Å². The molecule has 0 spiro atoms. The fourth-order valence-corrected chi connectivity index (χ4v) is 2.37. The third kappa shape index (κ3) is 1.79. The van der Waals surface area contributed by atoms with Crippen LogP contribution in [0.2, 0.25) is 0 Å². The van der Waals surface area contributed by atoms with Gasteiger partial charge in [0.15, 0.2) is 9.84 Å². The smallest absolute Gasteiger partial charge is 0.229 e. The van der Waals surface area contributed by atoms with Crippen molar-refractivity contribution in [3.8, 4) is 11.1 Å². The summed E-state index contributed by atoms with van der Waals surface area (Å²) in [5.74, 6) is 0.108. The summed E-state index contributed by atoms with van der Waals surface area (Å²) >= 11 is 0. The Bertz CT molecular complexity index is 616. The molecule has 6 heteroatoms. The quantitative estimate of drug-likeness (QED) is 0.852. The molecule has 16 heavy (non-hydrogen) atoms. The van der Waals surface area contributed by atoms with Gasteiger partial charge in [-0.1, -0.05) is 23.4 Å². The van der Waals surface area contributed by atoms with Gasteiger partial charge in [-0.3, -0.25) is 0 Å². The maximum absolute atomic E-state index is 11.6. The molecule has 0 bridgehead atoms. The molecular weight excluding hydrogens is 228 g/mol. The van der Waals surface area contributed by atoms with Crippen molar-refractivity contribution in [2.75, 3.05) is 12.0 Å². The van der Waals surface area contributed by atoms with Crippen LogP contribution in [0.1, 0.15) is 0 Å². The van der Waals surface area contributed by atoms with Gasteiger partial charge in [0.05, 0.1) is 16.7 Å². The minimum atomic E-state index is -3.30. The average Bonchev–Trinajstić information content (AvgIpc) is 2.63. The second-order valence-corrected chi connectivity index (χ2v) is 5.36. The molecule has 1 aromatic carbocycles. The summed E-state index contributed by atoms with van der Waals surface area (Å²) in [6.07, 6.45) is 2.55. The lowest BCUT2D eigenvalue weighted by Crippen LogP contribution is -2.00. The van der Waals surface area contributed by atoms with Gasteiger partial charge in [0.1, 0.15) is 0 Å². The van der Waals surface area contributed by atoms with Crippen LogP contribution in [0, 0.1) is 0 Å². The maximum atomic E-state index is 11.6. The Hall–Kier alpha value is -1.82. The summed E-state index contributed by atoms with van der Waals surface area (Å²) in [6.45, 7) is 0. The van der Waals surface area contributed by atoms with Crippen LogP contribution in [0.15, 0.2) is 39.9 Å². The zero-order chi connectivity index (χ0) is 11.8. The molecule has 2 rings (SSSR count). The lowest BCUT2D eigenvalue weighted by molar-refractivity contribution is 0.436. The number of anilines is 1. The summed E-state index contributed by atoms with van der Waals surface area (Å²) in [7, 11) is -3.30. The largest absolute Gasteiger partial charge is 0.367 e.